The lowest BCUT2D eigenvalue weighted by Crippen LogP contribution is -2.30. The molecule has 96 valence electrons. The molecule has 17 heavy (non-hydrogen) atoms. The minimum atomic E-state index is -0.0492. The first-order valence-corrected chi connectivity index (χ1v) is 6.78. The molecule has 1 N–H and O–H groups in total. The number of nitrogens with one attached hydrogen (secondary N) is 1. The molecule has 1 atom stereocenters. The van der Waals surface area contributed by atoms with Crippen LogP contribution in [0.2, 0.25) is 0 Å². The zero-order valence-corrected chi connectivity index (χ0v) is 12.7. The van der Waals surface area contributed by atoms with Gasteiger partial charge in [0.1, 0.15) is 0 Å². The van der Waals surface area contributed by atoms with Crippen molar-refractivity contribution in [1.29, 1.82) is 0 Å². The molecule has 0 bridgehead atoms. The van der Waals surface area contributed by atoms with Gasteiger partial charge in [-0.2, -0.15) is 0 Å². The maximum Gasteiger partial charge on any atom is 0.0634 e. The maximum absolute atomic E-state index is 5.39. The van der Waals surface area contributed by atoms with E-state index in [1.807, 2.05) is 0 Å². The highest BCUT2D eigenvalue weighted by atomic mass is 79.9. The monoisotopic (exact) mass is 299 g/mol. The average molecular weight is 300 g/mol. The van der Waals surface area contributed by atoms with Crippen molar-refractivity contribution in [2.24, 2.45) is 0 Å². The van der Waals surface area contributed by atoms with Crippen molar-refractivity contribution in [3.05, 3.63) is 34.3 Å². The second-order valence-electron chi connectivity index (χ2n) is 4.94. The second-order valence-corrected chi connectivity index (χ2v) is 5.86. The fraction of sp³-hybridized carbons (Fsp3) is 0.571. The molecule has 0 amide bonds. The van der Waals surface area contributed by atoms with E-state index in [-0.39, 0.29) is 5.60 Å². The van der Waals surface area contributed by atoms with Crippen molar-refractivity contribution in [2.45, 2.75) is 38.8 Å². The van der Waals surface area contributed by atoms with E-state index in [0.717, 1.165) is 17.4 Å². The molecule has 3 heteroatoms. The smallest absolute Gasteiger partial charge is 0.0634 e. The highest BCUT2D eigenvalue weighted by Crippen LogP contribution is 2.17. The first-order valence-electron chi connectivity index (χ1n) is 5.98. The Balaban J connectivity index is 2.40. The van der Waals surface area contributed by atoms with Crippen molar-refractivity contribution in [2.75, 3.05) is 13.7 Å². The molecule has 0 saturated heterocycles. The van der Waals surface area contributed by atoms with E-state index in [2.05, 4.69) is 66.3 Å². The largest absolute Gasteiger partial charge is 0.379 e. The lowest BCUT2D eigenvalue weighted by Gasteiger charge is -2.24. The summed E-state index contributed by atoms with van der Waals surface area (Å²) >= 11 is 3.45. The molecule has 0 aromatic heterocycles. The zero-order chi connectivity index (χ0) is 12.9. The third kappa shape index (κ3) is 5.19. The normalized spacial score (nSPS) is 13.7. The number of hydrogen-bond acceptors (Lipinski definition) is 2. The second kappa shape index (κ2) is 6.53. The van der Waals surface area contributed by atoms with Gasteiger partial charge in [0.2, 0.25) is 0 Å². The van der Waals surface area contributed by atoms with Gasteiger partial charge in [0.25, 0.3) is 0 Å². The van der Waals surface area contributed by atoms with Crippen LogP contribution in [0, 0.1) is 0 Å². The van der Waals surface area contributed by atoms with Crippen LogP contribution in [-0.2, 0) is 4.74 Å². The van der Waals surface area contributed by atoms with Crippen LogP contribution in [0.5, 0.6) is 0 Å². The zero-order valence-electron chi connectivity index (χ0n) is 11.1. The molecule has 1 aromatic carbocycles. The molecule has 0 spiro atoms. The highest BCUT2D eigenvalue weighted by Gasteiger charge is 2.16. The molecule has 0 unspecified atom stereocenters. The van der Waals surface area contributed by atoms with E-state index in [1.165, 1.54) is 5.56 Å². The minimum absolute atomic E-state index is 0.0492. The average Bonchev–Trinajstić information content (AvgIpc) is 2.29. The minimum Gasteiger partial charge on any atom is -0.379 e. The van der Waals surface area contributed by atoms with E-state index >= 15 is 0 Å². The van der Waals surface area contributed by atoms with E-state index in [9.17, 15) is 0 Å². The number of methoxy groups -OCH3 is 1. The van der Waals surface area contributed by atoms with Crippen molar-refractivity contribution in [3.63, 3.8) is 0 Å². The quantitative estimate of drug-likeness (QED) is 0.860. The molecule has 1 rings (SSSR count). The van der Waals surface area contributed by atoms with Crippen LogP contribution in [0.1, 0.15) is 38.8 Å². The topological polar surface area (TPSA) is 21.3 Å². The summed E-state index contributed by atoms with van der Waals surface area (Å²) in [5.74, 6) is 0. The number of rotatable bonds is 6. The fourth-order valence-electron chi connectivity index (χ4n) is 1.56. The summed E-state index contributed by atoms with van der Waals surface area (Å²) in [5, 5.41) is 3.51. The standard InChI is InChI=1S/C14H22BrNO/c1-11(12-5-7-13(15)8-6-12)16-10-9-14(2,3)17-4/h5-8,11,16H,9-10H2,1-4H3/t11-/m1/s1. The first-order chi connectivity index (χ1) is 7.94. The van der Waals surface area contributed by atoms with Gasteiger partial charge in [-0.3, -0.25) is 0 Å². The summed E-state index contributed by atoms with van der Waals surface area (Å²) in [6.07, 6.45) is 1.00. The van der Waals surface area contributed by atoms with Gasteiger partial charge < -0.3 is 10.1 Å². The third-order valence-corrected chi connectivity index (χ3v) is 3.63. The van der Waals surface area contributed by atoms with E-state index in [4.69, 9.17) is 4.74 Å². The lowest BCUT2D eigenvalue weighted by molar-refractivity contribution is 0.0154. The number of halogens is 1. The molecular weight excluding hydrogens is 278 g/mol. The Kier molecular flexibility index (Phi) is 5.63. The predicted molar refractivity (Wildman–Crippen MR) is 76.3 cm³/mol. The predicted octanol–water partition coefficient (Wildman–Crippen LogP) is 3.91. The molecule has 0 saturated carbocycles. The highest BCUT2D eigenvalue weighted by molar-refractivity contribution is 9.10. The molecule has 0 aliphatic heterocycles. The summed E-state index contributed by atoms with van der Waals surface area (Å²) in [6.45, 7) is 7.36. The fourth-order valence-corrected chi connectivity index (χ4v) is 1.83. The van der Waals surface area contributed by atoms with Crippen molar-refractivity contribution in [1.82, 2.24) is 5.32 Å². The van der Waals surface area contributed by atoms with Crippen LogP contribution in [0.4, 0.5) is 0 Å². The van der Waals surface area contributed by atoms with Gasteiger partial charge in [-0.25, -0.2) is 0 Å². The molecule has 0 fully saturated rings. The summed E-state index contributed by atoms with van der Waals surface area (Å²) < 4.78 is 6.51. The summed E-state index contributed by atoms with van der Waals surface area (Å²) in [4.78, 5) is 0. The molecule has 0 radical (unpaired) electrons. The van der Waals surface area contributed by atoms with Crippen molar-refractivity contribution in [3.8, 4) is 0 Å². The molecule has 0 aliphatic rings. The lowest BCUT2D eigenvalue weighted by atomic mass is 10.0. The Hall–Kier alpha value is -0.380. The molecule has 0 aliphatic carbocycles. The Labute approximate surface area is 113 Å². The molecular formula is C14H22BrNO. The maximum atomic E-state index is 5.39. The summed E-state index contributed by atoms with van der Waals surface area (Å²) in [6, 6.07) is 8.81. The number of benzene rings is 1. The summed E-state index contributed by atoms with van der Waals surface area (Å²) in [7, 11) is 1.76. The van der Waals surface area contributed by atoms with Crippen LogP contribution in [0.25, 0.3) is 0 Å². The van der Waals surface area contributed by atoms with Crippen LogP contribution < -0.4 is 5.32 Å². The van der Waals surface area contributed by atoms with Gasteiger partial charge in [-0.1, -0.05) is 28.1 Å². The van der Waals surface area contributed by atoms with Gasteiger partial charge in [-0.15, -0.1) is 0 Å². The van der Waals surface area contributed by atoms with Gasteiger partial charge in [0, 0.05) is 17.6 Å². The van der Waals surface area contributed by atoms with Crippen LogP contribution >= 0.6 is 15.9 Å². The van der Waals surface area contributed by atoms with Crippen LogP contribution in [-0.4, -0.2) is 19.3 Å². The third-order valence-electron chi connectivity index (χ3n) is 3.10. The number of ether oxygens (including phenoxy) is 1. The van der Waals surface area contributed by atoms with E-state index < -0.39 is 0 Å². The first kappa shape index (κ1) is 14.7. The van der Waals surface area contributed by atoms with Crippen molar-refractivity contribution < 1.29 is 4.74 Å². The SMILES string of the molecule is COC(C)(C)CCN[C@H](C)c1ccc(Br)cc1. The Morgan fingerprint density at radius 2 is 1.88 bits per heavy atom. The van der Waals surface area contributed by atoms with Crippen LogP contribution in [0.15, 0.2) is 28.7 Å². The van der Waals surface area contributed by atoms with E-state index in [0.29, 0.717) is 6.04 Å². The molecule has 0 heterocycles. The van der Waals surface area contributed by atoms with Gasteiger partial charge in [-0.05, 0) is 51.4 Å². The Morgan fingerprint density at radius 3 is 2.41 bits per heavy atom. The molecule has 2 nitrogen and oxygen atoms in total. The van der Waals surface area contributed by atoms with Gasteiger partial charge >= 0.3 is 0 Å². The Morgan fingerprint density at radius 1 is 1.29 bits per heavy atom. The van der Waals surface area contributed by atoms with Crippen LogP contribution in [0.3, 0.4) is 0 Å². The Bertz CT molecular complexity index is 335. The molecule has 1 aromatic rings. The summed E-state index contributed by atoms with van der Waals surface area (Å²) in [5.41, 5.74) is 1.26. The number of hydrogen-bond donors (Lipinski definition) is 1. The van der Waals surface area contributed by atoms with Crippen molar-refractivity contribution >= 4 is 15.9 Å². The van der Waals surface area contributed by atoms with Gasteiger partial charge in [0.05, 0.1) is 5.60 Å². The van der Waals surface area contributed by atoms with Gasteiger partial charge in [0.15, 0.2) is 0 Å². The van der Waals surface area contributed by atoms with E-state index in [1.54, 1.807) is 7.11 Å².